The predicted octanol–water partition coefficient (Wildman–Crippen LogP) is 4.73. The maximum absolute atomic E-state index is 12.8. The fourth-order valence-electron chi connectivity index (χ4n) is 1.57. The number of nitrogens with zero attached hydrogens (tertiary/aromatic N) is 1. The number of nitrogens with one attached hydrogen (secondary N) is 1. The van der Waals surface area contributed by atoms with Gasteiger partial charge in [0.15, 0.2) is 0 Å². The largest absolute Gasteiger partial charge is 0.418 e. The van der Waals surface area contributed by atoms with Gasteiger partial charge in [0.25, 0.3) is 5.69 Å². The number of para-hydroxylation sites is 1. The molecule has 8 heteroatoms. The third kappa shape index (κ3) is 3.88. The van der Waals surface area contributed by atoms with Gasteiger partial charge in [0.1, 0.15) is 0 Å². The smallest absolute Gasteiger partial charge is 0.325 e. The summed E-state index contributed by atoms with van der Waals surface area (Å²) in [7, 11) is 0. The highest BCUT2D eigenvalue weighted by atomic mass is 32.2. The van der Waals surface area contributed by atoms with Crippen LogP contribution in [0.5, 0.6) is 0 Å². The van der Waals surface area contributed by atoms with Crippen molar-refractivity contribution >= 4 is 23.3 Å². The average Bonchev–Trinajstić information content (AvgIpc) is 2.45. The molecule has 0 atom stereocenters. The predicted molar refractivity (Wildman–Crippen MR) is 74.0 cm³/mol. The molecule has 0 unspecified atom stereocenters. The minimum absolute atomic E-state index is 0.0617. The molecule has 0 saturated heterocycles. The van der Waals surface area contributed by atoms with Crippen molar-refractivity contribution in [2.45, 2.75) is 11.1 Å². The molecule has 1 N–H and O–H groups in total. The normalized spacial score (nSPS) is 11.2. The molecule has 0 radical (unpaired) electrons. The first-order valence-electron chi connectivity index (χ1n) is 5.71. The van der Waals surface area contributed by atoms with Gasteiger partial charge in [-0.1, -0.05) is 12.1 Å². The van der Waals surface area contributed by atoms with E-state index in [1.165, 1.54) is 42.5 Å². The standard InChI is InChI=1S/C13H9F3N2O2S/c14-13(15,16)11-3-1-2-4-12(11)17-21-10-7-5-9(6-8-10)18(19)20/h1-8,17H. The van der Waals surface area contributed by atoms with Crippen molar-refractivity contribution in [2.24, 2.45) is 0 Å². The summed E-state index contributed by atoms with van der Waals surface area (Å²) in [5.74, 6) is 0. The van der Waals surface area contributed by atoms with Crippen LogP contribution in [0.15, 0.2) is 53.4 Å². The second-order valence-corrected chi connectivity index (χ2v) is 4.88. The lowest BCUT2D eigenvalue weighted by atomic mass is 10.2. The van der Waals surface area contributed by atoms with E-state index in [9.17, 15) is 23.3 Å². The fraction of sp³-hybridized carbons (Fsp3) is 0.0769. The molecular weight excluding hydrogens is 305 g/mol. The molecule has 0 aliphatic carbocycles. The quantitative estimate of drug-likeness (QED) is 0.503. The molecule has 0 heterocycles. The summed E-state index contributed by atoms with van der Waals surface area (Å²) in [5.41, 5.74) is -0.900. The Morgan fingerprint density at radius 1 is 1.05 bits per heavy atom. The number of alkyl halides is 3. The molecule has 0 amide bonds. The SMILES string of the molecule is O=[N+]([O-])c1ccc(SNc2ccccc2C(F)(F)F)cc1. The molecule has 0 saturated carbocycles. The first-order chi connectivity index (χ1) is 9.88. The van der Waals surface area contributed by atoms with Crippen molar-refractivity contribution in [2.75, 3.05) is 4.72 Å². The van der Waals surface area contributed by atoms with E-state index in [-0.39, 0.29) is 11.4 Å². The Morgan fingerprint density at radius 3 is 2.24 bits per heavy atom. The second kappa shape index (κ2) is 6.04. The monoisotopic (exact) mass is 314 g/mol. The lowest BCUT2D eigenvalue weighted by molar-refractivity contribution is -0.384. The lowest BCUT2D eigenvalue weighted by Crippen LogP contribution is -2.07. The summed E-state index contributed by atoms with van der Waals surface area (Å²) in [6.07, 6.45) is -4.44. The number of hydrogen-bond acceptors (Lipinski definition) is 4. The van der Waals surface area contributed by atoms with Crippen LogP contribution in [0.3, 0.4) is 0 Å². The van der Waals surface area contributed by atoms with Crippen LogP contribution in [0.4, 0.5) is 24.5 Å². The highest BCUT2D eigenvalue weighted by molar-refractivity contribution is 8.00. The van der Waals surface area contributed by atoms with E-state index in [4.69, 9.17) is 0 Å². The zero-order chi connectivity index (χ0) is 15.5. The minimum Gasteiger partial charge on any atom is -0.325 e. The number of rotatable bonds is 4. The average molecular weight is 314 g/mol. The van der Waals surface area contributed by atoms with Gasteiger partial charge in [0, 0.05) is 17.0 Å². The molecule has 2 rings (SSSR count). The van der Waals surface area contributed by atoms with Gasteiger partial charge >= 0.3 is 6.18 Å². The molecule has 2 aromatic carbocycles. The van der Waals surface area contributed by atoms with Crippen LogP contribution in [-0.2, 0) is 6.18 Å². The molecule has 2 aromatic rings. The van der Waals surface area contributed by atoms with E-state index in [1.807, 2.05) is 0 Å². The number of nitro groups is 1. The summed E-state index contributed by atoms with van der Waals surface area (Å²) in [5, 5.41) is 10.5. The van der Waals surface area contributed by atoms with Gasteiger partial charge in [0.2, 0.25) is 0 Å². The van der Waals surface area contributed by atoms with E-state index >= 15 is 0 Å². The summed E-state index contributed by atoms with van der Waals surface area (Å²) >= 11 is 0.952. The van der Waals surface area contributed by atoms with Crippen LogP contribution < -0.4 is 4.72 Å². The molecule has 0 aliphatic heterocycles. The fourth-order valence-corrected chi connectivity index (χ4v) is 2.25. The Labute approximate surface area is 122 Å². The van der Waals surface area contributed by atoms with Gasteiger partial charge < -0.3 is 4.72 Å². The highest BCUT2D eigenvalue weighted by Crippen LogP contribution is 2.36. The van der Waals surface area contributed by atoms with Crippen molar-refractivity contribution in [3.8, 4) is 0 Å². The van der Waals surface area contributed by atoms with Crippen molar-refractivity contribution in [3.63, 3.8) is 0 Å². The summed E-state index contributed by atoms with van der Waals surface area (Å²) in [4.78, 5) is 10.5. The van der Waals surface area contributed by atoms with E-state index in [0.717, 1.165) is 18.0 Å². The third-order valence-electron chi connectivity index (χ3n) is 2.56. The second-order valence-electron chi connectivity index (χ2n) is 4.00. The molecule has 110 valence electrons. The first-order valence-corrected chi connectivity index (χ1v) is 6.53. The Hall–Kier alpha value is -2.22. The maximum atomic E-state index is 12.8. The van der Waals surface area contributed by atoms with Crippen LogP contribution >= 0.6 is 11.9 Å². The van der Waals surface area contributed by atoms with Crippen LogP contribution in [0, 0.1) is 10.1 Å². The zero-order valence-corrected chi connectivity index (χ0v) is 11.2. The van der Waals surface area contributed by atoms with Crippen LogP contribution in [0.2, 0.25) is 0 Å². The van der Waals surface area contributed by atoms with Gasteiger partial charge in [-0.2, -0.15) is 13.2 Å². The molecule has 0 aromatic heterocycles. The molecule has 0 bridgehead atoms. The summed E-state index contributed by atoms with van der Waals surface area (Å²) < 4.78 is 41.0. The Bertz CT molecular complexity index is 645. The molecule has 21 heavy (non-hydrogen) atoms. The lowest BCUT2D eigenvalue weighted by Gasteiger charge is -2.13. The molecule has 4 nitrogen and oxygen atoms in total. The van der Waals surface area contributed by atoms with Gasteiger partial charge in [-0.3, -0.25) is 10.1 Å². The van der Waals surface area contributed by atoms with Gasteiger partial charge in [-0.25, -0.2) is 0 Å². The van der Waals surface area contributed by atoms with Crippen molar-refractivity contribution in [1.82, 2.24) is 0 Å². The summed E-state index contributed by atoms with van der Waals surface area (Å²) in [6.45, 7) is 0. The highest BCUT2D eigenvalue weighted by Gasteiger charge is 2.33. The van der Waals surface area contributed by atoms with Gasteiger partial charge in [-0.15, -0.1) is 0 Å². The van der Waals surface area contributed by atoms with Crippen LogP contribution in [0.25, 0.3) is 0 Å². The number of non-ortho nitro benzene ring substituents is 1. The number of halogens is 3. The number of nitro benzene ring substituents is 1. The minimum atomic E-state index is -4.44. The number of hydrogen-bond donors (Lipinski definition) is 1. The molecule has 0 aliphatic rings. The van der Waals surface area contributed by atoms with Gasteiger partial charge in [0.05, 0.1) is 16.2 Å². The van der Waals surface area contributed by atoms with Crippen LogP contribution in [-0.4, -0.2) is 4.92 Å². The number of benzene rings is 2. The Morgan fingerprint density at radius 2 is 1.67 bits per heavy atom. The Kier molecular flexibility index (Phi) is 4.37. The van der Waals surface area contributed by atoms with E-state index < -0.39 is 16.7 Å². The van der Waals surface area contributed by atoms with Crippen molar-refractivity contribution in [1.29, 1.82) is 0 Å². The van der Waals surface area contributed by atoms with Gasteiger partial charge in [-0.05, 0) is 36.2 Å². The maximum Gasteiger partial charge on any atom is 0.418 e. The summed E-state index contributed by atoms with van der Waals surface area (Å²) in [6, 6.07) is 10.6. The Balaban J connectivity index is 2.12. The topological polar surface area (TPSA) is 55.2 Å². The van der Waals surface area contributed by atoms with Crippen LogP contribution in [0.1, 0.15) is 5.56 Å². The zero-order valence-electron chi connectivity index (χ0n) is 10.4. The van der Waals surface area contributed by atoms with Crippen molar-refractivity contribution in [3.05, 3.63) is 64.2 Å². The molecule has 0 fully saturated rings. The van der Waals surface area contributed by atoms with E-state index in [0.29, 0.717) is 4.90 Å². The van der Waals surface area contributed by atoms with E-state index in [2.05, 4.69) is 4.72 Å². The first kappa shape index (κ1) is 15.2. The van der Waals surface area contributed by atoms with E-state index in [1.54, 1.807) is 0 Å². The van der Waals surface area contributed by atoms with Crippen molar-refractivity contribution < 1.29 is 18.1 Å². The molecular formula is C13H9F3N2O2S. The third-order valence-corrected chi connectivity index (χ3v) is 3.39. The number of anilines is 1. The molecule has 0 spiro atoms.